The van der Waals surface area contributed by atoms with Crippen LogP contribution in [0.2, 0.25) is 0 Å². The Bertz CT molecular complexity index is 642. The maximum atomic E-state index is 12.7. The van der Waals surface area contributed by atoms with Crippen molar-refractivity contribution in [2.24, 2.45) is 17.8 Å². The topological polar surface area (TPSA) is 121 Å². The van der Waals surface area contributed by atoms with Gasteiger partial charge in [0.25, 0.3) is 0 Å². The number of carbonyl (C=O) groups is 3. The zero-order chi connectivity index (χ0) is 20.0. The van der Waals surface area contributed by atoms with E-state index in [2.05, 4.69) is 0 Å². The minimum absolute atomic E-state index is 0.0330. The second-order valence-corrected chi connectivity index (χ2v) is 6.61. The summed E-state index contributed by atoms with van der Waals surface area (Å²) in [5.41, 5.74) is -0.0685. The van der Waals surface area contributed by atoms with Gasteiger partial charge in [0.1, 0.15) is 6.10 Å². The van der Waals surface area contributed by atoms with Gasteiger partial charge in [-0.2, -0.15) is 0 Å². The second-order valence-electron chi connectivity index (χ2n) is 6.61. The third-order valence-electron chi connectivity index (χ3n) is 4.40. The Labute approximate surface area is 152 Å². The number of aliphatic hydroxyl groups is 2. The highest BCUT2D eigenvalue weighted by atomic mass is 16.5. The number of aliphatic hydroxyl groups excluding tert-OH is 2. The summed E-state index contributed by atoms with van der Waals surface area (Å²) in [5, 5.41) is 29.0. The summed E-state index contributed by atoms with van der Waals surface area (Å²) in [4.78, 5) is 35.6. The fourth-order valence-corrected chi connectivity index (χ4v) is 3.15. The first-order valence-corrected chi connectivity index (χ1v) is 8.42. The molecule has 0 aliphatic heterocycles. The van der Waals surface area contributed by atoms with Gasteiger partial charge in [-0.25, -0.2) is 9.59 Å². The Kier molecular flexibility index (Phi) is 7.92. The zero-order valence-electron chi connectivity index (χ0n) is 15.4. The molecule has 0 amide bonds. The molecule has 0 bridgehead atoms. The molecule has 0 fully saturated rings. The van der Waals surface area contributed by atoms with Crippen LogP contribution < -0.4 is 0 Å². The summed E-state index contributed by atoms with van der Waals surface area (Å²) >= 11 is 0. The highest BCUT2D eigenvalue weighted by Gasteiger charge is 2.45. The van der Waals surface area contributed by atoms with Gasteiger partial charge in [-0.3, -0.25) is 4.79 Å². The number of esters is 1. The Morgan fingerprint density at radius 1 is 1.35 bits per heavy atom. The van der Waals surface area contributed by atoms with E-state index in [1.807, 2.05) is 13.8 Å². The fraction of sp³-hybridized carbons (Fsp3) is 0.526. The molecule has 0 radical (unpaired) electrons. The van der Waals surface area contributed by atoms with Crippen molar-refractivity contribution in [2.75, 3.05) is 6.61 Å². The molecule has 3 N–H and O–H groups in total. The average molecular weight is 366 g/mol. The lowest BCUT2D eigenvalue weighted by atomic mass is 9.69. The van der Waals surface area contributed by atoms with Crippen LogP contribution in [-0.2, 0) is 19.1 Å². The van der Waals surface area contributed by atoms with Crippen LogP contribution in [0.3, 0.4) is 0 Å². The van der Waals surface area contributed by atoms with Gasteiger partial charge in [-0.1, -0.05) is 19.9 Å². The molecule has 26 heavy (non-hydrogen) atoms. The van der Waals surface area contributed by atoms with Gasteiger partial charge in [0.15, 0.2) is 5.78 Å². The number of rotatable bonds is 7. The van der Waals surface area contributed by atoms with Crippen molar-refractivity contribution in [1.29, 1.82) is 0 Å². The largest absolute Gasteiger partial charge is 0.478 e. The highest BCUT2D eigenvalue weighted by Crippen LogP contribution is 2.37. The van der Waals surface area contributed by atoms with E-state index in [4.69, 9.17) is 9.84 Å². The van der Waals surface area contributed by atoms with Crippen LogP contribution >= 0.6 is 0 Å². The van der Waals surface area contributed by atoms with Crippen molar-refractivity contribution in [3.63, 3.8) is 0 Å². The van der Waals surface area contributed by atoms with Gasteiger partial charge in [-0.15, -0.1) is 0 Å². The van der Waals surface area contributed by atoms with E-state index < -0.39 is 48.4 Å². The molecule has 1 aliphatic carbocycles. The minimum atomic E-state index is -1.39. The molecule has 144 valence electrons. The van der Waals surface area contributed by atoms with Crippen LogP contribution in [0.1, 0.15) is 27.7 Å². The predicted octanol–water partition coefficient (Wildman–Crippen LogP) is 1.26. The van der Waals surface area contributed by atoms with Crippen molar-refractivity contribution in [3.8, 4) is 0 Å². The predicted molar refractivity (Wildman–Crippen MR) is 94.1 cm³/mol. The number of ether oxygens (including phenoxy) is 1. The molecule has 4 atom stereocenters. The molecule has 0 aromatic rings. The number of carboxylic acids is 1. The van der Waals surface area contributed by atoms with Crippen molar-refractivity contribution in [2.45, 2.75) is 39.9 Å². The molecule has 0 saturated carbocycles. The SMILES string of the molecule is C/C=C/C(=O)OC1C=C(CO)C(=O)C(C(O)/C=C(\C)C(=O)O)C1C(C)C. The van der Waals surface area contributed by atoms with Gasteiger partial charge in [0.05, 0.1) is 18.6 Å². The molecule has 0 spiro atoms. The van der Waals surface area contributed by atoms with E-state index in [-0.39, 0.29) is 17.1 Å². The molecular weight excluding hydrogens is 340 g/mol. The third kappa shape index (κ3) is 5.12. The molecule has 7 nitrogen and oxygen atoms in total. The van der Waals surface area contributed by atoms with E-state index >= 15 is 0 Å². The molecule has 7 heteroatoms. The van der Waals surface area contributed by atoms with Crippen molar-refractivity contribution < 1.29 is 34.4 Å². The normalized spacial score (nSPS) is 25.3. The molecule has 0 aromatic heterocycles. The molecule has 0 heterocycles. The first-order chi connectivity index (χ1) is 12.1. The standard InChI is InChI=1S/C19H26O7/c1-5-6-15(22)26-14-8-12(9-20)18(23)17(16(14)10(2)3)13(21)7-11(4)19(24)25/h5-8,10,13-14,16-17,20-21H,9H2,1-4H3,(H,24,25)/b6-5+,11-7+. The number of carboxylic acid groups (broad SMARTS) is 1. The van der Waals surface area contributed by atoms with Crippen LogP contribution in [0, 0.1) is 17.8 Å². The first-order valence-electron chi connectivity index (χ1n) is 8.42. The summed E-state index contributed by atoms with van der Waals surface area (Å²) in [7, 11) is 0. The molecular formula is C19H26O7. The number of carbonyl (C=O) groups excluding carboxylic acids is 2. The number of ketones is 1. The van der Waals surface area contributed by atoms with Crippen LogP contribution in [0.25, 0.3) is 0 Å². The smallest absolute Gasteiger partial charge is 0.331 e. The molecule has 0 aromatic carbocycles. The van der Waals surface area contributed by atoms with Crippen LogP contribution in [0.5, 0.6) is 0 Å². The lowest BCUT2D eigenvalue weighted by Crippen LogP contribution is -2.47. The van der Waals surface area contributed by atoms with Gasteiger partial charge in [0.2, 0.25) is 0 Å². The van der Waals surface area contributed by atoms with E-state index in [9.17, 15) is 24.6 Å². The maximum absolute atomic E-state index is 12.7. The van der Waals surface area contributed by atoms with Gasteiger partial charge >= 0.3 is 11.9 Å². The number of Topliss-reactive ketones (excluding diaryl/α,β-unsaturated/α-hetero) is 1. The van der Waals surface area contributed by atoms with Crippen LogP contribution in [0.15, 0.2) is 35.5 Å². The van der Waals surface area contributed by atoms with E-state index in [0.29, 0.717) is 0 Å². The molecule has 4 unspecified atom stereocenters. The van der Waals surface area contributed by atoms with Gasteiger partial charge in [0, 0.05) is 23.1 Å². The number of hydrogen-bond acceptors (Lipinski definition) is 6. The van der Waals surface area contributed by atoms with E-state index in [1.54, 1.807) is 6.92 Å². The van der Waals surface area contributed by atoms with Crippen molar-refractivity contribution in [1.82, 2.24) is 0 Å². The summed E-state index contributed by atoms with van der Waals surface area (Å²) in [6, 6.07) is 0. The molecule has 1 aliphatic rings. The van der Waals surface area contributed by atoms with Gasteiger partial charge in [-0.05, 0) is 31.9 Å². The number of hydrogen-bond donors (Lipinski definition) is 3. The number of aliphatic carboxylic acids is 1. The van der Waals surface area contributed by atoms with Crippen LogP contribution in [0.4, 0.5) is 0 Å². The highest BCUT2D eigenvalue weighted by molar-refractivity contribution is 5.99. The van der Waals surface area contributed by atoms with Gasteiger partial charge < -0.3 is 20.1 Å². The molecule has 1 rings (SSSR count). The van der Waals surface area contributed by atoms with E-state index in [1.165, 1.54) is 25.2 Å². The summed E-state index contributed by atoms with van der Waals surface area (Å²) < 4.78 is 5.41. The van der Waals surface area contributed by atoms with Crippen molar-refractivity contribution >= 4 is 17.7 Å². The number of allylic oxidation sites excluding steroid dienone is 1. The Balaban J connectivity index is 3.35. The summed E-state index contributed by atoms with van der Waals surface area (Å²) in [5.74, 6) is -4.04. The second kappa shape index (κ2) is 9.45. The Hall–Kier alpha value is -2.25. The summed E-state index contributed by atoms with van der Waals surface area (Å²) in [6.45, 7) is 6.05. The third-order valence-corrected chi connectivity index (χ3v) is 4.40. The van der Waals surface area contributed by atoms with E-state index in [0.717, 1.165) is 6.08 Å². The first kappa shape index (κ1) is 21.8. The Morgan fingerprint density at radius 3 is 2.42 bits per heavy atom. The fourth-order valence-electron chi connectivity index (χ4n) is 3.15. The lowest BCUT2D eigenvalue weighted by Gasteiger charge is -2.39. The average Bonchev–Trinajstić information content (AvgIpc) is 2.55. The molecule has 0 saturated heterocycles. The maximum Gasteiger partial charge on any atom is 0.331 e. The zero-order valence-corrected chi connectivity index (χ0v) is 15.4. The quantitative estimate of drug-likeness (QED) is 0.458. The minimum Gasteiger partial charge on any atom is -0.478 e. The Morgan fingerprint density at radius 2 is 1.96 bits per heavy atom. The summed E-state index contributed by atoms with van der Waals surface area (Å²) in [6.07, 6.45) is 3.06. The monoisotopic (exact) mass is 366 g/mol. The van der Waals surface area contributed by atoms with Crippen molar-refractivity contribution in [3.05, 3.63) is 35.5 Å². The lowest BCUT2D eigenvalue weighted by molar-refractivity contribution is -0.149. The van der Waals surface area contributed by atoms with Crippen LogP contribution in [-0.4, -0.2) is 51.9 Å².